The van der Waals surface area contributed by atoms with E-state index in [-0.39, 0.29) is 0 Å². The number of nitrogens with one attached hydrogen (secondary N) is 1. The van der Waals surface area contributed by atoms with Crippen LogP contribution in [-0.4, -0.2) is 52.0 Å². The first kappa shape index (κ1) is 10.7. The molecular formula is C12H17N5. The molecule has 0 aliphatic carbocycles. The van der Waals surface area contributed by atoms with E-state index in [4.69, 9.17) is 0 Å². The lowest BCUT2D eigenvalue weighted by atomic mass is 10.3. The van der Waals surface area contributed by atoms with Crippen LogP contribution in [0.1, 0.15) is 5.69 Å². The van der Waals surface area contributed by atoms with Crippen molar-refractivity contribution in [2.75, 3.05) is 32.7 Å². The van der Waals surface area contributed by atoms with Gasteiger partial charge in [0, 0.05) is 63.4 Å². The Morgan fingerprint density at radius 2 is 2.12 bits per heavy atom. The summed E-state index contributed by atoms with van der Waals surface area (Å²) in [6.07, 6.45) is 8.59. The van der Waals surface area contributed by atoms with Crippen LogP contribution < -0.4 is 5.32 Å². The molecule has 90 valence electrons. The number of hydrogen-bond donors (Lipinski definition) is 1. The first-order chi connectivity index (χ1) is 8.43. The van der Waals surface area contributed by atoms with Crippen molar-refractivity contribution < 1.29 is 0 Å². The molecule has 3 rings (SSSR count). The first-order valence-electron chi connectivity index (χ1n) is 6.12. The lowest BCUT2D eigenvalue weighted by molar-refractivity contribution is 0.243. The van der Waals surface area contributed by atoms with Crippen LogP contribution in [0.3, 0.4) is 0 Å². The number of rotatable bonds is 3. The Hall–Kier alpha value is -1.46. The summed E-state index contributed by atoms with van der Waals surface area (Å²) in [4.78, 5) is 10.9. The zero-order valence-electron chi connectivity index (χ0n) is 9.84. The summed E-state index contributed by atoms with van der Waals surface area (Å²) < 4.78 is 2.12. The van der Waals surface area contributed by atoms with Crippen molar-refractivity contribution in [3.05, 3.63) is 30.5 Å². The molecule has 0 bridgehead atoms. The maximum absolute atomic E-state index is 4.35. The predicted octanol–water partition coefficient (Wildman–Crippen LogP) is 0.177. The Kier molecular flexibility index (Phi) is 3.02. The highest BCUT2D eigenvalue weighted by Gasteiger charge is 2.10. The minimum absolute atomic E-state index is 0.933. The summed E-state index contributed by atoms with van der Waals surface area (Å²) in [5.41, 5.74) is 2.20. The number of fused-ring (bicyclic) bond motifs is 1. The van der Waals surface area contributed by atoms with Gasteiger partial charge < -0.3 is 14.6 Å². The fraction of sp³-hybridized carbons (Fsp3) is 0.500. The van der Waals surface area contributed by atoms with Gasteiger partial charge in [-0.1, -0.05) is 0 Å². The summed E-state index contributed by atoms with van der Waals surface area (Å²) in [6, 6.07) is 0. The van der Waals surface area contributed by atoms with Gasteiger partial charge in [-0.15, -0.1) is 0 Å². The van der Waals surface area contributed by atoms with E-state index < -0.39 is 0 Å². The van der Waals surface area contributed by atoms with Gasteiger partial charge in [-0.25, -0.2) is 4.98 Å². The third kappa shape index (κ3) is 2.30. The maximum Gasteiger partial charge on any atom is 0.155 e. The van der Waals surface area contributed by atoms with E-state index in [1.807, 2.05) is 18.6 Å². The fourth-order valence-electron chi connectivity index (χ4n) is 2.29. The van der Waals surface area contributed by atoms with Gasteiger partial charge in [-0.2, -0.15) is 0 Å². The molecule has 0 aromatic carbocycles. The molecule has 1 saturated heterocycles. The van der Waals surface area contributed by atoms with E-state index in [9.17, 15) is 0 Å². The third-order valence-corrected chi connectivity index (χ3v) is 3.29. The second-order valence-electron chi connectivity index (χ2n) is 4.40. The third-order valence-electron chi connectivity index (χ3n) is 3.29. The number of imidazole rings is 1. The molecule has 1 N–H and O–H groups in total. The number of hydrogen-bond acceptors (Lipinski definition) is 4. The fourth-order valence-corrected chi connectivity index (χ4v) is 2.29. The van der Waals surface area contributed by atoms with Crippen LogP contribution in [0.4, 0.5) is 0 Å². The summed E-state index contributed by atoms with van der Waals surface area (Å²) in [7, 11) is 0. The molecule has 1 fully saturated rings. The highest BCUT2D eigenvalue weighted by atomic mass is 15.2. The SMILES string of the molecule is c1cn2c(CCN3CCNCC3)cnc2cn1. The molecule has 1 aliphatic rings. The standard InChI is InChI=1S/C12H17N5/c1(5-16-6-2-13-3-7-16)11-9-15-12-10-14-4-8-17(11)12/h4,8-10,13H,1-3,5-7H2. The van der Waals surface area contributed by atoms with Crippen LogP contribution in [0.5, 0.6) is 0 Å². The molecule has 0 unspecified atom stereocenters. The van der Waals surface area contributed by atoms with Gasteiger partial charge in [0.15, 0.2) is 5.65 Å². The quantitative estimate of drug-likeness (QED) is 0.818. The van der Waals surface area contributed by atoms with Gasteiger partial charge in [0.25, 0.3) is 0 Å². The van der Waals surface area contributed by atoms with E-state index >= 15 is 0 Å². The molecule has 5 nitrogen and oxygen atoms in total. The molecule has 0 saturated carbocycles. The van der Waals surface area contributed by atoms with E-state index in [0.717, 1.165) is 44.8 Å². The molecule has 0 spiro atoms. The Morgan fingerprint density at radius 3 is 3.00 bits per heavy atom. The van der Waals surface area contributed by atoms with Gasteiger partial charge >= 0.3 is 0 Å². The topological polar surface area (TPSA) is 45.5 Å². The molecule has 1 aliphatic heterocycles. The predicted molar refractivity (Wildman–Crippen MR) is 66.0 cm³/mol. The monoisotopic (exact) mass is 231 g/mol. The number of piperazine rings is 1. The molecule has 2 aromatic heterocycles. The van der Waals surface area contributed by atoms with Crippen molar-refractivity contribution in [2.45, 2.75) is 6.42 Å². The van der Waals surface area contributed by atoms with Crippen LogP contribution in [0.15, 0.2) is 24.8 Å². The highest BCUT2D eigenvalue weighted by molar-refractivity contribution is 5.36. The van der Waals surface area contributed by atoms with Gasteiger partial charge in [0.05, 0.1) is 6.20 Å². The summed E-state index contributed by atoms with van der Waals surface area (Å²) in [5, 5.41) is 3.37. The minimum Gasteiger partial charge on any atom is -0.314 e. The minimum atomic E-state index is 0.933. The maximum atomic E-state index is 4.35. The van der Waals surface area contributed by atoms with Crippen LogP contribution >= 0.6 is 0 Å². The van der Waals surface area contributed by atoms with Gasteiger partial charge in [-0.3, -0.25) is 4.98 Å². The average Bonchev–Trinajstić information content (AvgIpc) is 2.81. The molecule has 17 heavy (non-hydrogen) atoms. The Morgan fingerprint density at radius 1 is 1.24 bits per heavy atom. The van der Waals surface area contributed by atoms with Crippen molar-refractivity contribution >= 4 is 5.65 Å². The van der Waals surface area contributed by atoms with Crippen molar-refractivity contribution in [3.8, 4) is 0 Å². The van der Waals surface area contributed by atoms with E-state index in [0.29, 0.717) is 0 Å². The first-order valence-corrected chi connectivity index (χ1v) is 6.12. The molecule has 3 heterocycles. The van der Waals surface area contributed by atoms with Crippen molar-refractivity contribution in [2.24, 2.45) is 0 Å². The van der Waals surface area contributed by atoms with Crippen molar-refractivity contribution in [1.29, 1.82) is 0 Å². The average molecular weight is 231 g/mol. The molecule has 0 atom stereocenters. The van der Waals surface area contributed by atoms with Crippen LogP contribution in [0.25, 0.3) is 5.65 Å². The number of nitrogens with zero attached hydrogens (tertiary/aromatic N) is 4. The molecule has 0 radical (unpaired) electrons. The van der Waals surface area contributed by atoms with Gasteiger partial charge in [0.2, 0.25) is 0 Å². The second kappa shape index (κ2) is 4.81. The largest absolute Gasteiger partial charge is 0.314 e. The van der Waals surface area contributed by atoms with E-state index in [2.05, 4.69) is 24.6 Å². The Labute approximate surface area is 100 Å². The van der Waals surface area contributed by atoms with Crippen LogP contribution in [0.2, 0.25) is 0 Å². The molecule has 2 aromatic rings. The van der Waals surface area contributed by atoms with E-state index in [1.54, 1.807) is 6.20 Å². The Bertz CT molecular complexity index is 486. The number of aromatic nitrogens is 3. The van der Waals surface area contributed by atoms with Crippen molar-refractivity contribution in [1.82, 2.24) is 24.6 Å². The summed E-state index contributed by atoms with van der Waals surface area (Å²) in [5.74, 6) is 0. The van der Waals surface area contributed by atoms with E-state index in [1.165, 1.54) is 5.69 Å². The zero-order valence-corrected chi connectivity index (χ0v) is 9.84. The second-order valence-corrected chi connectivity index (χ2v) is 4.40. The summed E-state index contributed by atoms with van der Waals surface area (Å²) in [6.45, 7) is 5.63. The molecular weight excluding hydrogens is 214 g/mol. The zero-order chi connectivity index (χ0) is 11.5. The van der Waals surface area contributed by atoms with Crippen LogP contribution in [0, 0.1) is 0 Å². The Balaban J connectivity index is 1.68. The highest BCUT2D eigenvalue weighted by Crippen LogP contribution is 2.06. The lowest BCUT2D eigenvalue weighted by Crippen LogP contribution is -2.44. The molecule has 0 amide bonds. The molecule has 5 heteroatoms. The lowest BCUT2D eigenvalue weighted by Gasteiger charge is -2.26. The normalized spacial score (nSPS) is 17.6. The van der Waals surface area contributed by atoms with Crippen molar-refractivity contribution in [3.63, 3.8) is 0 Å². The van der Waals surface area contributed by atoms with Gasteiger partial charge in [-0.05, 0) is 0 Å². The smallest absolute Gasteiger partial charge is 0.155 e. The summed E-state index contributed by atoms with van der Waals surface area (Å²) >= 11 is 0. The van der Waals surface area contributed by atoms with Gasteiger partial charge in [0.1, 0.15) is 0 Å². The van der Waals surface area contributed by atoms with Crippen LogP contribution in [-0.2, 0) is 6.42 Å².